The highest BCUT2D eigenvalue weighted by Gasteiger charge is 2.22. The lowest BCUT2D eigenvalue weighted by molar-refractivity contribution is 0.0994. The van der Waals surface area contributed by atoms with Crippen LogP contribution in [0, 0.1) is 6.92 Å². The van der Waals surface area contributed by atoms with Gasteiger partial charge in [0.1, 0.15) is 5.75 Å². The predicted octanol–water partition coefficient (Wildman–Crippen LogP) is 4.77. The second kappa shape index (κ2) is 9.38. The lowest BCUT2D eigenvalue weighted by atomic mass is 10.1. The Hall–Kier alpha value is -3.91. The molecule has 0 unspecified atom stereocenters. The van der Waals surface area contributed by atoms with Crippen LogP contribution in [-0.4, -0.2) is 37.3 Å². The Balaban J connectivity index is 1.61. The second-order valence-electron chi connectivity index (χ2n) is 8.33. The van der Waals surface area contributed by atoms with Crippen molar-refractivity contribution < 1.29 is 9.53 Å². The Morgan fingerprint density at radius 3 is 2.49 bits per heavy atom. The van der Waals surface area contributed by atoms with Crippen LogP contribution in [0.5, 0.6) is 5.75 Å². The molecule has 176 valence electrons. The Labute approximate surface area is 206 Å². The summed E-state index contributed by atoms with van der Waals surface area (Å²) in [6.45, 7) is 4.13. The maximum atomic E-state index is 13.5. The second-order valence-corrected chi connectivity index (χ2v) is 9.64. The topological polar surface area (TPSA) is 78.5 Å². The van der Waals surface area contributed by atoms with Gasteiger partial charge in [0.05, 0.1) is 29.8 Å². The van der Waals surface area contributed by atoms with Crippen molar-refractivity contribution in [3.63, 3.8) is 0 Å². The quantitative estimate of drug-likeness (QED) is 0.245. The first-order valence-corrected chi connectivity index (χ1v) is 12.1. The van der Waals surface area contributed by atoms with Crippen molar-refractivity contribution in [3.8, 4) is 5.75 Å². The predicted molar refractivity (Wildman–Crippen MR) is 138 cm³/mol. The molecule has 1 atom stereocenters. The Kier molecular flexibility index (Phi) is 6.13. The summed E-state index contributed by atoms with van der Waals surface area (Å²) in [5.74, 6) is 1.12. The fourth-order valence-electron chi connectivity index (χ4n) is 4.12. The molecule has 0 fully saturated rings. The van der Waals surface area contributed by atoms with Gasteiger partial charge in [-0.1, -0.05) is 71.9 Å². The molecule has 8 heteroatoms. The minimum atomic E-state index is -0.390. The number of aryl methyl sites for hydroxylation is 1. The molecule has 3 aromatic carbocycles. The number of ether oxygens (including phenoxy) is 1. The molecular formula is C27H24N4O3S. The standard InChI is InChI=1S/C27H24N4O3S/c1-17-12-14-19(15-13-17)24(32)18(2)35-27-29-28-26-30(16-20-8-4-7-11-23(20)34-3)25(33)21-9-5-6-10-22(21)31(26)27/h4-15,18H,16H2,1-3H3/t18-/m1/s1. The van der Waals surface area contributed by atoms with Gasteiger partial charge >= 0.3 is 0 Å². The fraction of sp³-hybridized carbons (Fsp3) is 0.185. The number of hydrogen-bond donors (Lipinski definition) is 0. The van der Waals surface area contributed by atoms with Gasteiger partial charge in [-0.25, -0.2) is 0 Å². The van der Waals surface area contributed by atoms with E-state index in [9.17, 15) is 9.59 Å². The van der Waals surface area contributed by atoms with E-state index in [4.69, 9.17) is 4.74 Å². The van der Waals surface area contributed by atoms with Crippen LogP contribution in [-0.2, 0) is 6.54 Å². The largest absolute Gasteiger partial charge is 0.496 e. The SMILES string of the molecule is COc1ccccc1Cn1c(=O)c2ccccc2n2c(S[C@H](C)C(=O)c3ccc(C)cc3)nnc12. The molecule has 0 saturated heterocycles. The summed E-state index contributed by atoms with van der Waals surface area (Å²) < 4.78 is 8.95. The van der Waals surface area contributed by atoms with Gasteiger partial charge in [-0.3, -0.25) is 18.6 Å². The van der Waals surface area contributed by atoms with Crippen LogP contribution in [0.3, 0.4) is 0 Å². The van der Waals surface area contributed by atoms with Crippen molar-refractivity contribution in [2.45, 2.75) is 30.8 Å². The van der Waals surface area contributed by atoms with Crippen LogP contribution in [0.15, 0.2) is 82.7 Å². The first-order chi connectivity index (χ1) is 17.0. The molecule has 0 N–H and O–H groups in total. The number of aromatic nitrogens is 4. The van der Waals surface area contributed by atoms with Crippen molar-refractivity contribution in [1.29, 1.82) is 0 Å². The van der Waals surface area contributed by atoms with E-state index in [-0.39, 0.29) is 17.9 Å². The van der Waals surface area contributed by atoms with Crippen LogP contribution >= 0.6 is 11.8 Å². The number of methoxy groups -OCH3 is 1. The van der Waals surface area contributed by atoms with Crippen molar-refractivity contribution in [3.05, 3.63) is 99.8 Å². The van der Waals surface area contributed by atoms with Crippen molar-refractivity contribution in [2.75, 3.05) is 7.11 Å². The van der Waals surface area contributed by atoms with Crippen LogP contribution in [0.1, 0.15) is 28.4 Å². The van der Waals surface area contributed by atoms with E-state index in [1.807, 2.05) is 85.0 Å². The summed E-state index contributed by atoms with van der Waals surface area (Å²) in [6.07, 6.45) is 0. The van der Waals surface area contributed by atoms with E-state index in [1.165, 1.54) is 11.8 Å². The monoisotopic (exact) mass is 484 g/mol. The highest BCUT2D eigenvalue weighted by molar-refractivity contribution is 8.00. The average molecular weight is 485 g/mol. The number of Topliss-reactive ketones (excluding diaryl/α,β-unsaturated/α-hetero) is 1. The lowest BCUT2D eigenvalue weighted by Crippen LogP contribution is -2.24. The number of nitrogens with zero attached hydrogens (tertiary/aromatic N) is 4. The molecule has 5 rings (SSSR count). The van der Waals surface area contributed by atoms with Gasteiger partial charge in [0.25, 0.3) is 5.56 Å². The molecule has 0 spiro atoms. The van der Waals surface area contributed by atoms with Gasteiger partial charge in [0.2, 0.25) is 5.78 Å². The van der Waals surface area contributed by atoms with Crippen molar-refractivity contribution >= 4 is 34.2 Å². The first-order valence-electron chi connectivity index (χ1n) is 11.2. The number of benzene rings is 3. The summed E-state index contributed by atoms with van der Waals surface area (Å²) >= 11 is 1.33. The third kappa shape index (κ3) is 4.21. The Morgan fingerprint density at radius 1 is 1.00 bits per heavy atom. The zero-order chi connectivity index (χ0) is 24.5. The van der Waals surface area contributed by atoms with E-state index in [0.717, 1.165) is 11.1 Å². The third-order valence-electron chi connectivity index (χ3n) is 5.99. The van der Waals surface area contributed by atoms with E-state index in [2.05, 4.69) is 10.2 Å². The number of carbonyl (C=O) groups is 1. The third-order valence-corrected chi connectivity index (χ3v) is 7.03. The van der Waals surface area contributed by atoms with Gasteiger partial charge in [0, 0.05) is 11.1 Å². The highest BCUT2D eigenvalue weighted by Crippen LogP contribution is 2.28. The molecule has 0 aliphatic rings. The fourth-order valence-corrected chi connectivity index (χ4v) is 5.05. The summed E-state index contributed by atoms with van der Waals surface area (Å²) in [6, 6.07) is 22.5. The smallest absolute Gasteiger partial charge is 0.263 e. The van der Waals surface area contributed by atoms with E-state index in [1.54, 1.807) is 17.7 Å². The average Bonchev–Trinajstić information content (AvgIpc) is 3.30. The number of rotatable bonds is 7. The number of carbonyl (C=O) groups excluding carboxylic acids is 1. The van der Waals surface area contributed by atoms with Crippen molar-refractivity contribution in [1.82, 2.24) is 19.2 Å². The molecule has 35 heavy (non-hydrogen) atoms. The normalized spacial score (nSPS) is 12.2. The van der Waals surface area contributed by atoms with Crippen LogP contribution in [0.4, 0.5) is 0 Å². The Morgan fingerprint density at radius 2 is 1.71 bits per heavy atom. The first kappa shape index (κ1) is 22.9. The summed E-state index contributed by atoms with van der Waals surface area (Å²) in [7, 11) is 1.61. The maximum Gasteiger partial charge on any atom is 0.263 e. The highest BCUT2D eigenvalue weighted by atomic mass is 32.2. The lowest BCUT2D eigenvalue weighted by Gasteiger charge is -2.14. The molecule has 5 aromatic rings. The molecule has 2 aromatic heterocycles. The molecule has 2 heterocycles. The number of thioether (sulfide) groups is 1. The molecular weight excluding hydrogens is 460 g/mol. The molecule has 0 aliphatic carbocycles. The van der Waals surface area contributed by atoms with Crippen LogP contribution in [0.2, 0.25) is 0 Å². The van der Waals surface area contributed by atoms with Crippen LogP contribution < -0.4 is 10.3 Å². The molecule has 7 nitrogen and oxygen atoms in total. The maximum absolute atomic E-state index is 13.5. The minimum absolute atomic E-state index is 0.0124. The van der Waals surface area contributed by atoms with Gasteiger partial charge in [0.15, 0.2) is 10.9 Å². The number of ketones is 1. The van der Waals surface area contributed by atoms with Gasteiger partial charge in [-0.15, -0.1) is 10.2 Å². The molecule has 0 amide bonds. The zero-order valence-corrected chi connectivity index (χ0v) is 20.5. The summed E-state index contributed by atoms with van der Waals surface area (Å²) in [5.41, 5.74) is 3.15. The summed E-state index contributed by atoms with van der Waals surface area (Å²) in [5, 5.41) is 9.49. The number of fused-ring (bicyclic) bond motifs is 3. The number of hydrogen-bond acceptors (Lipinski definition) is 6. The Bertz CT molecular complexity index is 1610. The molecule has 0 aliphatic heterocycles. The zero-order valence-electron chi connectivity index (χ0n) is 19.6. The van der Waals surface area contributed by atoms with Gasteiger partial charge < -0.3 is 4.74 Å². The van der Waals surface area contributed by atoms with E-state index >= 15 is 0 Å². The molecule has 0 radical (unpaired) electrons. The summed E-state index contributed by atoms with van der Waals surface area (Å²) in [4.78, 5) is 26.5. The number of para-hydroxylation sites is 2. The van der Waals surface area contributed by atoms with Gasteiger partial charge in [-0.05, 0) is 32.0 Å². The van der Waals surface area contributed by atoms with E-state index < -0.39 is 5.25 Å². The minimum Gasteiger partial charge on any atom is -0.496 e. The van der Waals surface area contributed by atoms with Crippen molar-refractivity contribution in [2.24, 2.45) is 0 Å². The molecule has 0 saturated carbocycles. The van der Waals surface area contributed by atoms with Crippen LogP contribution in [0.25, 0.3) is 16.7 Å². The molecule has 0 bridgehead atoms. The van der Waals surface area contributed by atoms with E-state index in [0.29, 0.717) is 33.1 Å². The van der Waals surface area contributed by atoms with Gasteiger partial charge in [-0.2, -0.15) is 0 Å².